The first-order valence-corrected chi connectivity index (χ1v) is 6.42. The van der Waals surface area contributed by atoms with Gasteiger partial charge in [-0.2, -0.15) is 10.1 Å². The lowest BCUT2D eigenvalue weighted by atomic mass is 10.1. The molecule has 3 heterocycles. The van der Waals surface area contributed by atoms with E-state index in [1.165, 1.54) is 6.39 Å². The SMILES string of the molecule is O=C(c1cn[nH]c1)N1CCCCCC1c1ncon1. The summed E-state index contributed by atoms with van der Waals surface area (Å²) >= 11 is 0. The molecule has 1 N–H and O–H groups in total. The maximum absolute atomic E-state index is 12.5. The number of nitrogens with zero attached hydrogens (tertiary/aromatic N) is 4. The number of rotatable bonds is 2. The molecule has 0 aromatic carbocycles. The van der Waals surface area contributed by atoms with Gasteiger partial charge in [0.05, 0.1) is 17.8 Å². The van der Waals surface area contributed by atoms with E-state index in [2.05, 4.69) is 20.3 Å². The first kappa shape index (κ1) is 11.9. The molecule has 2 aromatic heterocycles. The van der Waals surface area contributed by atoms with E-state index in [4.69, 9.17) is 4.52 Å². The third kappa shape index (κ3) is 2.35. The van der Waals surface area contributed by atoms with Crippen molar-refractivity contribution in [3.8, 4) is 0 Å². The average molecular weight is 261 g/mol. The van der Waals surface area contributed by atoms with Crippen LogP contribution in [-0.2, 0) is 0 Å². The molecule has 100 valence electrons. The smallest absolute Gasteiger partial charge is 0.257 e. The fourth-order valence-electron chi connectivity index (χ4n) is 2.48. The van der Waals surface area contributed by atoms with Crippen LogP contribution in [0.4, 0.5) is 0 Å². The Bertz CT molecular complexity index is 522. The lowest BCUT2D eigenvalue weighted by molar-refractivity contribution is 0.0670. The van der Waals surface area contributed by atoms with Crippen molar-refractivity contribution in [3.05, 3.63) is 30.2 Å². The summed E-state index contributed by atoms with van der Waals surface area (Å²) in [5.74, 6) is 0.546. The Morgan fingerprint density at radius 1 is 1.42 bits per heavy atom. The van der Waals surface area contributed by atoms with Crippen LogP contribution < -0.4 is 0 Å². The number of aromatic amines is 1. The number of amides is 1. The molecular formula is C12H15N5O2. The van der Waals surface area contributed by atoms with Crippen molar-refractivity contribution < 1.29 is 9.32 Å². The van der Waals surface area contributed by atoms with E-state index in [0.29, 0.717) is 17.9 Å². The van der Waals surface area contributed by atoms with Crippen LogP contribution in [0, 0.1) is 0 Å². The third-order valence-electron chi connectivity index (χ3n) is 3.44. The highest BCUT2D eigenvalue weighted by Gasteiger charge is 2.30. The zero-order chi connectivity index (χ0) is 13.1. The standard InChI is InChI=1S/C12H15N5O2/c18-12(9-6-14-15-7-9)17-5-3-1-2-4-10(17)11-13-8-19-16-11/h6-8,10H,1-5H2,(H,14,15). The molecule has 7 heteroatoms. The molecule has 0 radical (unpaired) electrons. The molecule has 0 saturated carbocycles. The average Bonchev–Trinajstić information content (AvgIpc) is 3.08. The van der Waals surface area contributed by atoms with Crippen LogP contribution in [0.5, 0.6) is 0 Å². The molecule has 0 bridgehead atoms. The quantitative estimate of drug-likeness (QED) is 0.886. The molecule has 1 atom stereocenters. The number of H-pyrrole nitrogens is 1. The Kier molecular flexibility index (Phi) is 3.26. The molecule has 0 aliphatic carbocycles. The van der Waals surface area contributed by atoms with E-state index < -0.39 is 0 Å². The molecule has 1 unspecified atom stereocenters. The summed E-state index contributed by atoms with van der Waals surface area (Å²) < 4.78 is 4.81. The lowest BCUT2D eigenvalue weighted by Gasteiger charge is -2.27. The summed E-state index contributed by atoms with van der Waals surface area (Å²) in [5.41, 5.74) is 0.565. The fourth-order valence-corrected chi connectivity index (χ4v) is 2.48. The van der Waals surface area contributed by atoms with Crippen LogP contribution in [0.2, 0.25) is 0 Å². The zero-order valence-electron chi connectivity index (χ0n) is 10.5. The van der Waals surface area contributed by atoms with Crippen molar-refractivity contribution >= 4 is 5.91 Å². The van der Waals surface area contributed by atoms with Crippen LogP contribution in [-0.4, -0.2) is 37.7 Å². The summed E-state index contributed by atoms with van der Waals surface area (Å²) in [4.78, 5) is 18.4. The molecule has 1 saturated heterocycles. The second-order valence-electron chi connectivity index (χ2n) is 4.64. The van der Waals surface area contributed by atoms with Gasteiger partial charge < -0.3 is 9.42 Å². The van der Waals surface area contributed by atoms with Crippen LogP contribution in [0.15, 0.2) is 23.3 Å². The molecule has 1 aliphatic rings. The minimum atomic E-state index is -0.108. The van der Waals surface area contributed by atoms with Gasteiger partial charge in [-0.1, -0.05) is 18.0 Å². The number of hydrogen-bond acceptors (Lipinski definition) is 5. The van der Waals surface area contributed by atoms with Gasteiger partial charge in [-0.05, 0) is 12.8 Å². The summed E-state index contributed by atoms with van der Waals surface area (Å²) in [6.45, 7) is 0.712. The largest absolute Gasteiger partial charge is 0.343 e. The summed E-state index contributed by atoms with van der Waals surface area (Å²) in [5, 5.41) is 10.4. The predicted octanol–water partition coefficient (Wildman–Crippen LogP) is 1.55. The molecule has 3 rings (SSSR count). The highest BCUT2D eigenvalue weighted by molar-refractivity contribution is 5.93. The maximum Gasteiger partial charge on any atom is 0.257 e. The van der Waals surface area contributed by atoms with Gasteiger partial charge in [-0.15, -0.1) is 0 Å². The van der Waals surface area contributed by atoms with E-state index in [-0.39, 0.29) is 11.9 Å². The highest BCUT2D eigenvalue weighted by Crippen LogP contribution is 2.29. The summed E-state index contributed by atoms with van der Waals surface area (Å²) in [6, 6.07) is -0.108. The van der Waals surface area contributed by atoms with Gasteiger partial charge in [0, 0.05) is 12.7 Å². The zero-order valence-corrected chi connectivity index (χ0v) is 10.5. The highest BCUT2D eigenvalue weighted by atomic mass is 16.5. The van der Waals surface area contributed by atoms with Crippen molar-refractivity contribution in [2.45, 2.75) is 31.7 Å². The van der Waals surface area contributed by atoms with Gasteiger partial charge >= 0.3 is 0 Å². The van der Waals surface area contributed by atoms with Crippen molar-refractivity contribution in [2.24, 2.45) is 0 Å². The van der Waals surface area contributed by atoms with Crippen molar-refractivity contribution in [1.29, 1.82) is 0 Å². The Morgan fingerprint density at radius 3 is 3.11 bits per heavy atom. The summed E-state index contributed by atoms with van der Waals surface area (Å²) in [6.07, 6.45) is 8.50. The van der Waals surface area contributed by atoms with Crippen molar-refractivity contribution in [2.75, 3.05) is 6.54 Å². The Balaban J connectivity index is 1.88. The maximum atomic E-state index is 12.5. The van der Waals surface area contributed by atoms with Crippen LogP contribution >= 0.6 is 0 Å². The fraction of sp³-hybridized carbons (Fsp3) is 0.500. The Labute approximate surface area is 110 Å². The van der Waals surface area contributed by atoms with E-state index in [1.807, 2.05) is 4.90 Å². The molecular weight excluding hydrogens is 246 g/mol. The van der Waals surface area contributed by atoms with Crippen LogP contribution in [0.1, 0.15) is 47.9 Å². The van der Waals surface area contributed by atoms with Gasteiger partial charge in [0.25, 0.3) is 5.91 Å². The number of aromatic nitrogens is 4. The number of carbonyl (C=O) groups excluding carboxylic acids is 1. The Hall–Kier alpha value is -2.18. The molecule has 1 fully saturated rings. The second kappa shape index (κ2) is 5.21. The van der Waals surface area contributed by atoms with Gasteiger partial charge in [0.1, 0.15) is 0 Å². The topological polar surface area (TPSA) is 87.9 Å². The van der Waals surface area contributed by atoms with Crippen LogP contribution in [0.25, 0.3) is 0 Å². The molecule has 1 aliphatic heterocycles. The minimum Gasteiger partial charge on any atom is -0.343 e. The predicted molar refractivity (Wildman–Crippen MR) is 65.1 cm³/mol. The normalized spacial score (nSPS) is 20.2. The van der Waals surface area contributed by atoms with Crippen molar-refractivity contribution in [3.63, 3.8) is 0 Å². The Morgan fingerprint density at radius 2 is 2.37 bits per heavy atom. The van der Waals surface area contributed by atoms with Gasteiger partial charge in [-0.3, -0.25) is 9.89 Å². The van der Waals surface area contributed by atoms with E-state index >= 15 is 0 Å². The third-order valence-corrected chi connectivity index (χ3v) is 3.44. The minimum absolute atomic E-state index is 0.0366. The number of likely N-dealkylation sites (tertiary alicyclic amines) is 1. The molecule has 1 amide bonds. The monoisotopic (exact) mass is 261 g/mol. The molecule has 2 aromatic rings. The number of carbonyl (C=O) groups is 1. The van der Waals surface area contributed by atoms with E-state index in [0.717, 1.165) is 25.7 Å². The van der Waals surface area contributed by atoms with E-state index in [1.54, 1.807) is 12.4 Å². The number of hydrogen-bond donors (Lipinski definition) is 1. The lowest BCUT2D eigenvalue weighted by Crippen LogP contribution is -2.35. The first-order chi connectivity index (χ1) is 9.36. The van der Waals surface area contributed by atoms with Crippen LogP contribution in [0.3, 0.4) is 0 Å². The molecule has 7 nitrogen and oxygen atoms in total. The van der Waals surface area contributed by atoms with E-state index in [9.17, 15) is 4.79 Å². The number of nitrogens with one attached hydrogen (secondary N) is 1. The summed E-state index contributed by atoms with van der Waals surface area (Å²) in [7, 11) is 0. The molecule has 19 heavy (non-hydrogen) atoms. The van der Waals surface area contributed by atoms with Gasteiger partial charge in [0.2, 0.25) is 6.39 Å². The van der Waals surface area contributed by atoms with Crippen molar-refractivity contribution in [1.82, 2.24) is 25.2 Å². The second-order valence-corrected chi connectivity index (χ2v) is 4.64. The van der Waals surface area contributed by atoms with Gasteiger partial charge in [-0.25, -0.2) is 0 Å². The van der Waals surface area contributed by atoms with Gasteiger partial charge in [0.15, 0.2) is 5.82 Å². The molecule has 0 spiro atoms. The first-order valence-electron chi connectivity index (χ1n) is 6.42.